The third-order valence-electron chi connectivity index (χ3n) is 4.19. The van der Waals surface area contributed by atoms with Gasteiger partial charge in [-0.05, 0) is 48.9 Å². The molecular formula is C20H18N4OS. The third-order valence-corrected chi connectivity index (χ3v) is 5.17. The molecule has 26 heavy (non-hydrogen) atoms. The minimum absolute atomic E-state index is 0.00321. The van der Waals surface area contributed by atoms with E-state index < -0.39 is 0 Å². The summed E-state index contributed by atoms with van der Waals surface area (Å²) in [6, 6.07) is 11.8. The van der Waals surface area contributed by atoms with Gasteiger partial charge in [-0.3, -0.25) is 9.78 Å². The maximum atomic E-state index is 13.2. The minimum atomic E-state index is 0.00321. The fourth-order valence-electron chi connectivity index (χ4n) is 2.90. The van der Waals surface area contributed by atoms with Crippen molar-refractivity contribution in [2.75, 3.05) is 0 Å². The van der Waals surface area contributed by atoms with Crippen LogP contribution < -0.4 is 0 Å². The highest BCUT2D eigenvalue weighted by atomic mass is 32.1. The second kappa shape index (κ2) is 7.09. The molecule has 0 saturated heterocycles. The number of carbonyl (C=O) groups excluding carboxylic acids is 1. The number of aromatic nitrogens is 3. The Bertz CT molecular complexity index is 1040. The van der Waals surface area contributed by atoms with Crippen LogP contribution in [0.4, 0.5) is 0 Å². The Kier molecular flexibility index (Phi) is 4.50. The molecular weight excluding hydrogens is 344 g/mol. The van der Waals surface area contributed by atoms with Gasteiger partial charge in [0.05, 0.1) is 12.1 Å². The van der Waals surface area contributed by atoms with E-state index in [2.05, 4.69) is 29.0 Å². The van der Waals surface area contributed by atoms with Gasteiger partial charge in [-0.2, -0.15) is 0 Å². The maximum absolute atomic E-state index is 13.2. The van der Waals surface area contributed by atoms with Crippen molar-refractivity contribution in [2.24, 2.45) is 0 Å². The maximum Gasteiger partial charge on any atom is 0.255 e. The molecule has 1 amide bonds. The number of rotatable bonds is 5. The molecule has 0 aliphatic heterocycles. The van der Waals surface area contributed by atoms with Crippen LogP contribution in [0, 0.1) is 6.92 Å². The van der Waals surface area contributed by atoms with Gasteiger partial charge in [0.25, 0.3) is 5.91 Å². The zero-order valence-electron chi connectivity index (χ0n) is 14.4. The van der Waals surface area contributed by atoms with Crippen LogP contribution in [-0.2, 0) is 13.1 Å². The first-order valence-electron chi connectivity index (χ1n) is 8.35. The predicted octanol–water partition coefficient (Wildman–Crippen LogP) is 3.94. The average Bonchev–Trinajstić information content (AvgIpc) is 3.29. The van der Waals surface area contributed by atoms with E-state index in [-0.39, 0.29) is 5.91 Å². The van der Waals surface area contributed by atoms with Crippen molar-refractivity contribution in [1.82, 2.24) is 19.3 Å². The monoisotopic (exact) mass is 362 g/mol. The molecule has 0 radical (unpaired) electrons. The molecule has 0 bridgehead atoms. The minimum Gasteiger partial charge on any atom is -0.329 e. The van der Waals surface area contributed by atoms with Crippen LogP contribution in [0.3, 0.4) is 0 Å². The fourth-order valence-corrected chi connectivity index (χ4v) is 3.80. The number of nitrogens with zero attached hydrogens (tertiary/aromatic N) is 4. The first-order chi connectivity index (χ1) is 12.7. The lowest BCUT2D eigenvalue weighted by Gasteiger charge is -2.22. The molecule has 0 aromatic carbocycles. The van der Waals surface area contributed by atoms with E-state index in [0.29, 0.717) is 18.7 Å². The summed E-state index contributed by atoms with van der Waals surface area (Å²) in [7, 11) is 0. The van der Waals surface area contributed by atoms with E-state index >= 15 is 0 Å². The first kappa shape index (κ1) is 16.5. The number of aryl methyl sites for hydroxylation is 1. The Morgan fingerprint density at radius 3 is 2.69 bits per heavy atom. The molecule has 6 heteroatoms. The van der Waals surface area contributed by atoms with Crippen LogP contribution >= 0.6 is 11.3 Å². The van der Waals surface area contributed by atoms with E-state index in [1.54, 1.807) is 29.9 Å². The Labute approximate surface area is 155 Å². The molecule has 0 atom stereocenters. The normalized spacial score (nSPS) is 11.0. The topological polar surface area (TPSA) is 50.5 Å². The SMILES string of the molecule is Cc1ccc(CN(Cc2ccncc2)C(=O)c2ccc3nccn3c2)s1. The molecule has 0 fully saturated rings. The van der Waals surface area contributed by atoms with Gasteiger partial charge < -0.3 is 9.30 Å². The lowest BCUT2D eigenvalue weighted by molar-refractivity contribution is 0.0731. The lowest BCUT2D eigenvalue weighted by Crippen LogP contribution is -2.30. The van der Waals surface area contributed by atoms with Crippen molar-refractivity contribution in [3.05, 3.63) is 88.3 Å². The molecule has 4 heterocycles. The molecule has 130 valence electrons. The second-order valence-corrected chi connectivity index (χ2v) is 7.51. The molecule has 4 rings (SSSR count). The predicted molar refractivity (Wildman–Crippen MR) is 102 cm³/mol. The molecule has 0 N–H and O–H groups in total. The van der Waals surface area contributed by atoms with Crippen LogP contribution in [0.1, 0.15) is 25.7 Å². The molecule has 4 aromatic heterocycles. The van der Waals surface area contributed by atoms with E-state index in [1.807, 2.05) is 46.0 Å². The van der Waals surface area contributed by atoms with Crippen LogP contribution in [-0.4, -0.2) is 25.2 Å². The molecule has 0 unspecified atom stereocenters. The Hall–Kier alpha value is -2.99. The van der Waals surface area contributed by atoms with Gasteiger partial charge in [0.1, 0.15) is 5.65 Å². The summed E-state index contributed by atoms with van der Waals surface area (Å²) >= 11 is 1.72. The fraction of sp³-hybridized carbons (Fsp3) is 0.150. The molecule has 0 aliphatic rings. The van der Waals surface area contributed by atoms with Crippen LogP contribution in [0.5, 0.6) is 0 Å². The van der Waals surface area contributed by atoms with Gasteiger partial charge in [-0.1, -0.05) is 0 Å². The number of amides is 1. The summed E-state index contributed by atoms with van der Waals surface area (Å²) in [4.78, 5) is 25.8. The Morgan fingerprint density at radius 2 is 1.92 bits per heavy atom. The lowest BCUT2D eigenvalue weighted by atomic mass is 10.2. The van der Waals surface area contributed by atoms with E-state index in [4.69, 9.17) is 0 Å². The molecule has 4 aromatic rings. The van der Waals surface area contributed by atoms with E-state index in [9.17, 15) is 4.79 Å². The smallest absolute Gasteiger partial charge is 0.255 e. The number of thiophene rings is 1. The highest BCUT2D eigenvalue weighted by Crippen LogP contribution is 2.20. The van der Waals surface area contributed by atoms with Gasteiger partial charge in [-0.15, -0.1) is 11.3 Å². The largest absolute Gasteiger partial charge is 0.329 e. The molecule has 0 aliphatic carbocycles. The zero-order valence-corrected chi connectivity index (χ0v) is 15.2. The number of imidazole rings is 1. The highest BCUT2D eigenvalue weighted by Gasteiger charge is 2.18. The van der Waals surface area contributed by atoms with Crippen molar-refractivity contribution >= 4 is 22.9 Å². The summed E-state index contributed by atoms with van der Waals surface area (Å²) in [6.45, 7) is 3.21. The summed E-state index contributed by atoms with van der Waals surface area (Å²) < 4.78 is 1.87. The molecule has 0 saturated carbocycles. The number of hydrogen-bond acceptors (Lipinski definition) is 4. The van der Waals surface area contributed by atoms with Crippen LogP contribution in [0.15, 0.2) is 67.4 Å². The van der Waals surface area contributed by atoms with Crippen molar-refractivity contribution in [1.29, 1.82) is 0 Å². The molecule has 0 spiro atoms. The Balaban J connectivity index is 1.64. The zero-order chi connectivity index (χ0) is 17.9. The molecule has 5 nitrogen and oxygen atoms in total. The summed E-state index contributed by atoms with van der Waals surface area (Å²) in [6.07, 6.45) is 8.92. The van der Waals surface area contributed by atoms with Crippen molar-refractivity contribution < 1.29 is 4.79 Å². The summed E-state index contributed by atoms with van der Waals surface area (Å²) in [5, 5.41) is 0. The number of pyridine rings is 2. The van der Waals surface area contributed by atoms with Crippen molar-refractivity contribution in [3.8, 4) is 0 Å². The van der Waals surface area contributed by atoms with E-state index in [1.165, 1.54) is 9.75 Å². The number of carbonyl (C=O) groups is 1. The van der Waals surface area contributed by atoms with Gasteiger partial charge in [0, 0.05) is 47.3 Å². The van der Waals surface area contributed by atoms with Crippen LogP contribution in [0.2, 0.25) is 0 Å². The van der Waals surface area contributed by atoms with E-state index in [0.717, 1.165) is 11.2 Å². The quantitative estimate of drug-likeness (QED) is 0.540. The van der Waals surface area contributed by atoms with Crippen molar-refractivity contribution in [3.63, 3.8) is 0 Å². The van der Waals surface area contributed by atoms with Gasteiger partial charge in [-0.25, -0.2) is 4.98 Å². The number of fused-ring (bicyclic) bond motifs is 1. The summed E-state index contributed by atoms with van der Waals surface area (Å²) in [5.74, 6) is 0.00321. The second-order valence-electron chi connectivity index (χ2n) is 6.14. The standard InChI is InChI=1S/C20H18N4OS/c1-15-2-4-18(26-15)14-24(12-16-6-8-21-9-7-16)20(25)17-3-5-19-22-10-11-23(19)13-17/h2-11,13H,12,14H2,1H3. The van der Waals surface area contributed by atoms with Gasteiger partial charge >= 0.3 is 0 Å². The van der Waals surface area contributed by atoms with Crippen molar-refractivity contribution in [2.45, 2.75) is 20.0 Å². The van der Waals surface area contributed by atoms with Gasteiger partial charge in [0.15, 0.2) is 0 Å². The first-order valence-corrected chi connectivity index (χ1v) is 9.17. The number of hydrogen-bond donors (Lipinski definition) is 0. The third kappa shape index (κ3) is 3.50. The Morgan fingerprint density at radius 1 is 1.08 bits per heavy atom. The average molecular weight is 362 g/mol. The highest BCUT2D eigenvalue weighted by molar-refractivity contribution is 7.11. The summed E-state index contributed by atoms with van der Waals surface area (Å²) in [5.41, 5.74) is 2.54. The van der Waals surface area contributed by atoms with Crippen LogP contribution in [0.25, 0.3) is 5.65 Å². The van der Waals surface area contributed by atoms with Gasteiger partial charge in [0.2, 0.25) is 0 Å².